The summed E-state index contributed by atoms with van der Waals surface area (Å²) in [6.45, 7) is 8.50. The van der Waals surface area contributed by atoms with E-state index in [1.165, 1.54) is 0 Å². The molecule has 6 heteroatoms. The van der Waals surface area contributed by atoms with Crippen LogP contribution in [0, 0.1) is 0 Å². The van der Waals surface area contributed by atoms with Crippen LogP contribution in [0.1, 0.15) is 33.3 Å². The number of hydrazone groups is 1. The fraction of sp³-hybridized carbons (Fsp3) is 0.500. The number of methoxy groups -OCH3 is 1. The van der Waals surface area contributed by atoms with Crippen molar-refractivity contribution >= 4 is 23.0 Å². The zero-order valence-corrected chi connectivity index (χ0v) is 14.7. The van der Waals surface area contributed by atoms with E-state index < -0.39 is 0 Å². The largest absolute Gasteiger partial charge is 0.491 e. The van der Waals surface area contributed by atoms with Gasteiger partial charge in [0.05, 0.1) is 18.4 Å². The zero-order chi connectivity index (χ0) is 16.5. The van der Waals surface area contributed by atoms with Gasteiger partial charge in [-0.25, -0.2) is 0 Å². The van der Waals surface area contributed by atoms with Crippen molar-refractivity contribution in [1.29, 1.82) is 0 Å². The molecule has 0 bridgehead atoms. The Balaban J connectivity index is 2.55. The first-order valence-corrected chi connectivity index (χ1v) is 7.70. The number of hydrogen-bond donors (Lipinski definition) is 2. The van der Waals surface area contributed by atoms with Gasteiger partial charge in [-0.1, -0.05) is 0 Å². The van der Waals surface area contributed by atoms with Gasteiger partial charge in [0, 0.05) is 13.2 Å². The average molecular weight is 323 g/mol. The highest BCUT2D eigenvalue weighted by atomic mass is 32.1. The predicted molar refractivity (Wildman–Crippen MR) is 94.6 cm³/mol. The van der Waals surface area contributed by atoms with Crippen LogP contribution < -0.4 is 15.5 Å². The molecule has 0 unspecified atom stereocenters. The second kappa shape index (κ2) is 9.38. The molecule has 0 aliphatic carbocycles. The van der Waals surface area contributed by atoms with Crippen LogP contribution in [0.2, 0.25) is 0 Å². The molecule has 1 aromatic carbocycles. The van der Waals surface area contributed by atoms with E-state index in [0.29, 0.717) is 11.7 Å². The summed E-state index contributed by atoms with van der Waals surface area (Å²) in [5, 5.41) is 7.84. The van der Waals surface area contributed by atoms with Gasteiger partial charge in [0.2, 0.25) is 0 Å². The minimum Gasteiger partial charge on any atom is -0.491 e. The number of nitrogens with zero attached hydrogens (tertiary/aromatic N) is 1. The van der Waals surface area contributed by atoms with Crippen LogP contribution in [0.5, 0.6) is 5.75 Å². The predicted octanol–water partition coefficient (Wildman–Crippen LogP) is 2.70. The summed E-state index contributed by atoms with van der Waals surface area (Å²) in [4.78, 5) is 0. The van der Waals surface area contributed by atoms with Gasteiger partial charge < -0.3 is 14.8 Å². The maximum Gasteiger partial charge on any atom is 0.187 e. The summed E-state index contributed by atoms with van der Waals surface area (Å²) < 4.78 is 10.7. The molecule has 2 N–H and O–H groups in total. The first-order valence-electron chi connectivity index (χ1n) is 7.29. The van der Waals surface area contributed by atoms with Gasteiger partial charge in [0.15, 0.2) is 5.11 Å². The van der Waals surface area contributed by atoms with Gasteiger partial charge in [-0.05, 0) is 69.7 Å². The molecular weight excluding hydrogens is 298 g/mol. The minimum absolute atomic E-state index is 0.132. The first-order chi connectivity index (χ1) is 10.4. The second-order valence-electron chi connectivity index (χ2n) is 5.33. The van der Waals surface area contributed by atoms with E-state index >= 15 is 0 Å². The SMILES string of the molecule is COC[C@H](C)NC(=S)N/N=C(/C)c1ccc(OC(C)C)cc1. The van der Waals surface area contributed by atoms with Crippen molar-refractivity contribution in [2.24, 2.45) is 5.10 Å². The Morgan fingerprint density at radius 1 is 1.23 bits per heavy atom. The van der Waals surface area contributed by atoms with Gasteiger partial charge in [-0.3, -0.25) is 5.43 Å². The number of ether oxygens (including phenoxy) is 2. The lowest BCUT2D eigenvalue weighted by molar-refractivity contribution is 0.179. The van der Waals surface area contributed by atoms with E-state index in [0.717, 1.165) is 17.0 Å². The second-order valence-corrected chi connectivity index (χ2v) is 5.74. The van der Waals surface area contributed by atoms with Crippen LogP contribution in [0.15, 0.2) is 29.4 Å². The van der Waals surface area contributed by atoms with Crippen molar-refractivity contribution in [3.63, 3.8) is 0 Å². The van der Waals surface area contributed by atoms with Gasteiger partial charge in [0.1, 0.15) is 5.75 Å². The molecule has 1 aromatic rings. The highest BCUT2D eigenvalue weighted by molar-refractivity contribution is 7.80. The number of rotatable bonds is 7. The molecular formula is C16H25N3O2S. The van der Waals surface area contributed by atoms with Crippen molar-refractivity contribution < 1.29 is 9.47 Å². The lowest BCUT2D eigenvalue weighted by atomic mass is 10.1. The zero-order valence-electron chi connectivity index (χ0n) is 13.8. The molecule has 0 aliphatic heterocycles. The molecule has 0 radical (unpaired) electrons. The third-order valence-corrected chi connectivity index (χ3v) is 2.97. The molecule has 0 aliphatic rings. The maximum atomic E-state index is 5.62. The van der Waals surface area contributed by atoms with E-state index in [9.17, 15) is 0 Å². The maximum absolute atomic E-state index is 5.62. The Morgan fingerprint density at radius 2 is 1.86 bits per heavy atom. The fourth-order valence-corrected chi connectivity index (χ4v) is 2.04. The van der Waals surface area contributed by atoms with E-state index in [2.05, 4.69) is 15.8 Å². The van der Waals surface area contributed by atoms with Crippen molar-refractivity contribution in [1.82, 2.24) is 10.7 Å². The Hall–Kier alpha value is -1.66. The number of nitrogens with one attached hydrogen (secondary N) is 2. The van der Waals surface area contributed by atoms with Gasteiger partial charge >= 0.3 is 0 Å². The molecule has 5 nitrogen and oxygen atoms in total. The normalized spacial score (nSPS) is 12.9. The average Bonchev–Trinajstić information content (AvgIpc) is 2.45. The molecule has 0 fully saturated rings. The Kier molecular flexibility index (Phi) is 7.84. The van der Waals surface area contributed by atoms with Gasteiger partial charge in [-0.15, -0.1) is 0 Å². The number of benzene rings is 1. The Labute approximate surface area is 138 Å². The highest BCUT2D eigenvalue weighted by Gasteiger charge is 2.04. The van der Waals surface area contributed by atoms with Gasteiger partial charge in [-0.2, -0.15) is 5.10 Å². The molecule has 0 heterocycles. The van der Waals surface area contributed by atoms with E-state index in [1.807, 2.05) is 52.0 Å². The summed E-state index contributed by atoms with van der Waals surface area (Å²) in [7, 11) is 1.66. The van der Waals surface area contributed by atoms with Crippen molar-refractivity contribution in [2.75, 3.05) is 13.7 Å². The molecule has 0 amide bonds. The van der Waals surface area contributed by atoms with E-state index in [-0.39, 0.29) is 12.1 Å². The van der Waals surface area contributed by atoms with Crippen LogP contribution in [0.3, 0.4) is 0 Å². The third-order valence-electron chi connectivity index (χ3n) is 2.76. The van der Waals surface area contributed by atoms with E-state index in [4.69, 9.17) is 21.7 Å². The highest BCUT2D eigenvalue weighted by Crippen LogP contribution is 2.14. The first kappa shape index (κ1) is 18.4. The smallest absolute Gasteiger partial charge is 0.187 e. The summed E-state index contributed by atoms with van der Waals surface area (Å²) in [5.41, 5.74) is 4.70. The minimum atomic E-state index is 0.132. The molecule has 22 heavy (non-hydrogen) atoms. The molecule has 0 aromatic heterocycles. The van der Waals surface area contributed by atoms with Crippen molar-refractivity contribution in [2.45, 2.75) is 39.8 Å². The van der Waals surface area contributed by atoms with Crippen LogP contribution >= 0.6 is 12.2 Å². The monoisotopic (exact) mass is 323 g/mol. The molecule has 1 atom stereocenters. The van der Waals surface area contributed by atoms with Crippen LogP contribution in [-0.2, 0) is 4.74 Å². The summed E-state index contributed by atoms with van der Waals surface area (Å²) >= 11 is 5.18. The molecule has 1 rings (SSSR count). The van der Waals surface area contributed by atoms with E-state index in [1.54, 1.807) is 7.11 Å². The Bertz CT molecular complexity index is 501. The Morgan fingerprint density at radius 3 is 2.41 bits per heavy atom. The number of thiocarbonyl (C=S) groups is 1. The molecule has 122 valence electrons. The summed E-state index contributed by atoms with van der Waals surface area (Å²) in [6.07, 6.45) is 0.166. The summed E-state index contributed by atoms with van der Waals surface area (Å²) in [5.74, 6) is 0.852. The van der Waals surface area contributed by atoms with Crippen LogP contribution in [0.4, 0.5) is 0 Å². The van der Waals surface area contributed by atoms with Crippen molar-refractivity contribution in [3.8, 4) is 5.75 Å². The number of hydrogen-bond acceptors (Lipinski definition) is 4. The topological polar surface area (TPSA) is 54.9 Å². The molecule has 0 saturated carbocycles. The molecule has 0 saturated heterocycles. The quantitative estimate of drug-likeness (QED) is 0.459. The van der Waals surface area contributed by atoms with Crippen LogP contribution in [-0.4, -0.2) is 36.7 Å². The van der Waals surface area contributed by atoms with Gasteiger partial charge in [0.25, 0.3) is 0 Å². The fourth-order valence-electron chi connectivity index (χ4n) is 1.79. The standard InChI is InChI=1S/C16H25N3O2S/c1-11(2)21-15-8-6-14(7-9-15)13(4)18-19-16(22)17-12(3)10-20-5/h6-9,11-12H,10H2,1-5H3,(H2,17,19,22)/b18-13-/t12-/m0/s1. The van der Waals surface area contributed by atoms with Crippen LogP contribution in [0.25, 0.3) is 0 Å². The lowest BCUT2D eigenvalue weighted by Gasteiger charge is -2.14. The molecule has 0 spiro atoms. The summed E-state index contributed by atoms with van der Waals surface area (Å²) in [6, 6.07) is 7.95. The third kappa shape index (κ3) is 6.87. The van der Waals surface area contributed by atoms with Crippen molar-refractivity contribution in [3.05, 3.63) is 29.8 Å². The lowest BCUT2D eigenvalue weighted by Crippen LogP contribution is -2.40.